The van der Waals surface area contributed by atoms with Gasteiger partial charge in [0.2, 0.25) is 11.8 Å². The number of nitrogens with one attached hydrogen (secondary N) is 2. The second-order valence-electron chi connectivity index (χ2n) is 12.5. The summed E-state index contributed by atoms with van der Waals surface area (Å²) in [5, 5.41) is 5.93. The molecule has 0 spiro atoms. The molecule has 7 nitrogen and oxygen atoms in total. The lowest BCUT2D eigenvalue weighted by Gasteiger charge is -2.36. The Morgan fingerprint density at radius 2 is 1.55 bits per heavy atom. The molecule has 0 heterocycles. The summed E-state index contributed by atoms with van der Waals surface area (Å²) in [5.41, 5.74) is 2.21. The molecule has 0 saturated carbocycles. The van der Waals surface area contributed by atoms with Gasteiger partial charge in [-0.2, -0.15) is 0 Å². The van der Waals surface area contributed by atoms with Gasteiger partial charge in [-0.3, -0.25) is 9.59 Å². The van der Waals surface area contributed by atoms with Crippen LogP contribution in [0, 0.1) is 19.8 Å². The monoisotopic (exact) mass is 559 g/mol. The molecule has 0 aliphatic heterocycles. The molecule has 2 atom stereocenters. The standard InChI is InChI=1S/C33H57N3O4/c1-10-12-14-15-16-17-22-36(31(38)28(23-24(3)4)35-32(39)40-33(7,8)9)29(30(37)34-21-13-11-2)27-20-18-19-25(5)26(27)6/h18-20,24,28-29H,10-17,21-23H2,1-9H3,(H,34,37)(H,35,39). The molecule has 0 bridgehead atoms. The lowest BCUT2D eigenvalue weighted by atomic mass is 9.94. The average Bonchev–Trinajstić information content (AvgIpc) is 2.85. The number of amides is 3. The number of hydrogen-bond donors (Lipinski definition) is 2. The first-order chi connectivity index (χ1) is 18.8. The zero-order valence-electron chi connectivity index (χ0n) is 26.8. The molecule has 0 saturated heterocycles. The van der Waals surface area contributed by atoms with Gasteiger partial charge in [-0.25, -0.2) is 4.79 Å². The Hall–Kier alpha value is -2.57. The van der Waals surface area contributed by atoms with Gasteiger partial charge in [-0.05, 0) is 76.5 Å². The van der Waals surface area contributed by atoms with Crippen LogP contribution >= 0.6 is 0 Å². The summed E-state index contributed by atoms with van der Waals surface area (Å²) >= 11 is 0. The molecule has 2 N–H and O–H groups in total. The zero-order chi connectivity index (χ0) is 30.3. The van der Waals surface area contributed by atoms with E-state index >= 15 is 0 Å². The van der Waals surface area contributed by atoms with Crippen molar-refractivity contribution in [3.8, 4) is 0 Å². The second-order valence-corrected chi connectivity index (χ2v) is 12.5. The quantitative estimate of drug-likeness (QED) is 0.195. The van der Waals surface area contributed by atoms with Gasteiger partial charge in [-0.15, -0.1) is 0 Å². The van der Waals surface area contributed by atoms with E-state index in [9.17, 15) is 14.4 Å². The van der Waals surface area contributed by atoms with E-state index in [0.29, 0.717) is 19.5 Å². The minimum absolute atomic E-state index is 0.150. The van der Waals surface area contributed by atoms with Crippen LogP contribution in [0.5, 0.6) is 0 Å². The number of alkyl carbamates (subject to hydrolysis) is 1. The summed E-state index contributed by atoms with van der Waals surface area (Å²) in [6.45, 7) is 18.8. The van der Waals surface area contributed by atoms with E-state index in [2.05, 4.69) is 24.5 Å². The van der Waals surface area contributed by atoms with Crippen molar-refractivity contribution in [2.24, 2.45) is 5.92 Å². The number of nitrogens with zero attached hydrogens (tertiary/aromatic N) is 1. The predicted octanol–water partition coefficient (Wildman–Crippen LogP) is 7.39. The van der Waals surface area contributed by atoms with E-state index < -0.39 is 23.8 Å². The highest BCUT2D eigenvalue weighted by molar-refractivity contribution is 5.92. The number of benzene rings is 1. The molecule has 0 aromatic heterocycles. The smallest absolute Gasteiger partial charge is 0.408 e. The maximum atomic E-state index is 14.4. The first-order valence-corrected chi connectivity index (χ1v) is 15.5. The highest BCUT2D eigenvalue weighted by Gasteiger charge is 2.37. The highest BCUT2D eigenvalue weighted by Crippen LogP contribution is 2.28. The van der Waals surface area contributed by atoms with Crippen molar-refractivity contribution in [2.75, 3.05) is 13.1 Å². The number of unbranched alkanes of at least 4 members (excludes halogenated alkanes) is 6. The molecular formula is C33H57N3O4. The fraction of sp³-hybridized carbons (Fsp3) is 0.727. The third-order valence-electron chi connectivity index (χ3n) is 7.06. The number of carbonyl (C=O) groups excluding carboxylic acids is 3. The highest BCUT2D eigenvalue weighted by atomic mass is 16.6. The van der Waals surface area contributed by atoms with Gasteiger partial charge >= 0.3 is 6.09 Å². The predicted molar refractivity (Wildman–Crippen MR) is 164 cm³/mol. The minimum Gasteiger partial charge on any atom is -0.444 e. The van der Waals surface area contributed by atoms with Crippen LogP contribution in [-0.4, -0.2) is 47.5 Å². The van der Waals surface area contributed by atoms with Gasteiger partial charge in [0, 0.05) is 13.1 Å². The number of ether oxygens (including phenoxy) is 1. The third kappa shape index (κ3) is 12.7. The Balaban J connectivity index is 3.49. The maximum Gasteiger partial charge on any atom is 0.408 e. The first kappa shape index (κ1) is 35.5. The van der Waals surface area contributed by atoms with Gasteiger partial charge in [0.15, 0.2) is 0 Å². The van der Waals surface area contributed by atoms with Gasteiger partial charge in [0.25, 0.3) is 0 Å². The van der Waals surface area contributed by atoms with Gasteiger partial charge in [0.1, 0.15) is 17.7 Å². The van der Waals surface area contributed by atoms with Crippen molar-refractivity contribution in [3.63, 3.8) is 0 Å². The van der Waals surface area contributed by atoms with Crippen molar-refractivity contribution < 1.29 is 19.1 Å². The Kier molecular flexibility index (Phi) is 15.9. The van der Waals surface area contributed by atoms with E-state index in [-0.39, 0.29) is 17.7 Å². The van der Waals surface area contributed by atoms with Crippen LogP contribution in [0.25, 0.3) is 0 Å². The van der Waals surface area contributed by atoms with Crippen molar-refractivity contribution >= 4 is 17.9 Å². The van der Waals surface area contributed by atoms with Crippen LogP contribution in [0.4, 0.5) is 4.79 Å². The van der Waals surface area contributed by atoms with E-state index in [0.717, 1.165) is 48.8 Å². The molecule has 0 fully saturated rings. The summed E-state index contributed by atoms with van der Waals surface area (Å²) in [4.78, 5) is 42.7. The Morgan fingerprint density at radius 1 is 0.925 bits per heavy atom. The SMILES string of the molecule is CCCCCCCCN(C(=O)C(CC(C)C)NC(=O)OC(C)(C)C)C(C(=O)NCCCC)c1cccc(C)c1C. The van der Waals surface area contributed by atoms with Crippen LogP contribution in [0.2, 0.25) is 0 Å². The Morgan fingerprint density at radius 3 is 2.15 bits per heavy atom. The van der Waals surface area contributed by atoms with Crippen molar-refractivity contribution in [1.29, 1.82) is 0 Å². The number of hydrogen-bond acceptors (Lipinski definition) is 4. The molecule has 40 heavy (non-hydrogen) atoms. The number of aryl methyl sites for hydroxylation is 1. The van der Waals surface area contributed by atoms with Crippen LogP contribution in [0.3, 0.4) is 0 Å². The fourth-order valence-electron chi connectivity index (χ4n) is 4.78. The largest absolute Gasteiger partial charge is 0.444 e. The van der Waals surface area contributed by atoms with Crippen molar-refractivity contribution in [1.82, 2.24) is 15.5 Å². The molecule has 7 heteroatoms. The summed E-state index contributed by atoms with van der Waals surface area (Å²) in [6.07, 6.45) is 8.06. The Labute approximate surface area is 244 Å². The van der Waals surface area contributed by atoms with Crippen LogP contribution in [0.15, 0.2) is 18.2 Å². The van der Waals surface area contributed by atoms with Crippen LogP contribution in [0.1, 0.15) is 129 Å². The lowest BCUT2D eigenvalue weighted by molar-refractivity contribution is -0.143. The van der Waals surface area contributed by atoms with Gasteiger partial charge in [0.05, 0.1) is 0 Å². The van der Waals surface area contributed by atoms with E-state index in [1.807, 2.05) is 45.9 Å². The third-order valence-corrected chi connectivity index (χ3v) is 7.06. The number of carbonyl (C=O) groups is 3. The molecule has 0 radical (unpaired) electrons. The molecular weight excluding hydrogens is 502 g/mol. The van der Waals surface area contributed by atoms with Crippen LogP contribution in [-0.2, 0) is 14.3 Å². The maximum absolute atomic E-state index is 14.4. The second kappa shape index (κ2) is 18.0. The van der Waals surface area contributed by atoms with E-state index in [1.54, 1.807) is 25.7 Å². The summed E-state index contributed by atoms with van der Waals surface area (Å²) in [5.74, 6) is -0.274. The first-order valence-electron chi connectivity index (χ1n) is 15.5. The van der Waals surface area contributed by atoms with Crippen molar-refractivity contribution in [2.45, 2.75) is 138 Å². The van der Waals surface area contributed by atoms with Gasteiger partial charge in [-0.1, -0.05) is 84.4 Å². The lowest BCUT2D eigenvalue weighted by Crippen LogP contribution is -2.53. The minimum atomic E-state index is -0.800. The average molecular weight is 560 g/mol. The molecule has 2 unspecified atom stereocenters. The summed E-state index contributed by atoms with van der Waals surface area (Å²) < 4.78 is 5.51. The molecule has 1 aromatic carbocycles. The fourth-order valence-corrected chi connectivity index (χ4v) is 4.78. The molecule has 3 amide bonds. The van der Waals surface area contributed by atoms with Crippen molar-refractivity contribution in [3.05, 3.63) is 34.9 Å². The summed E-state index contributed by atoms with van der Waals surface area (Å²) in [7, 11) is 0. The Bertz CT molecular complexity index is 923. The van der Waals surface area contributed by atoms with E-state index in [4.69, 9.17) is 4.74 Å². The number of rotatable bonds is 17. The molecule has 1 aromatic rings. The summed E-state index contributed by atoms with van der Waals surface area (Å²) in [6, 6.07) is 4.34. The molecule has 0 aliphatic carbocycles. The molecule has 0 aliphatic rings. The molecule has 1 rings (SSSR count). The van der Waals surface area contributed by atoms with Gasteiger partial charge < -0.3 is 20.3 Å². The van der Waals surface area contributed by atoms with Crippen LogP contribution < -0.4 is 10.6 Å². The zero-order valence-corrected chi connectivity index (χ0v) is 26.8. The molecule has 228 valence electrons. The topological polar surface area (TPSA) is 87.7 Å². The normalized spacial score (nSPS) is 13.1. The van der Waals surface area contributed by atoms with E-state index in [1.165, 1.54) is 19.3 Å².